The third-order valence-electron chi connectivity index (χ3n) is 9.61. The first-order valence-corrected chi connectivity index (χ1v) is 11.6. The van der Waals surface area contributed by atoms with Crippen molar-refractivity contribution in [3.8, 4) is 0 Å². The number of fused-ring (bicyclic) bond motifs is 5. The molecule has 0 aromatic heterocycles. The summed E-state index contributed by atoms with van der Waals surface area (Å²) in [4.78, 5) is 24.5. The molecule has 1 N–H and O–H groups in total. The van der Waals surface area contributed by atoms with Crippen molar-refractivity contribution in [2.45, 2.75) is 92.0 Å². The minimum Gasteiger partial charge on any atom is -0.351 e. The summed E-state index contributed by atoms with van der Waals surface area (Å²) in [6.45, 7) is 13.6. The molecule has 4 rings (SSSR count). The molecule has 2 saturated carbocycles. The first-order valence-electron chi connectivity index (χ1n) is 11.6. The van der Waals surface area contributed by atoms with Crippen LogP contribution in [0.4, 0.5) is 0 Å². The third-order valence-corrected chi connectivity index (χ3v) is 9.61. The molecule has 0 aromatic carbocycles. The maximum absolute atomic E-state index is 13.2. The summed E-state index contributed by atoms with van der Waals surface area (Å²) in [5.41, 5.74) is 2.69. The summed E-state index contributed by atoms with van der Waals surface area (Å²) in [7, 11) is 0. The molecule has 29 heavy (non-hydrogen) atoms. The summed E-state index contributed by atoms with van der Waals surface area (Å²) in [6.07, 6.45) is 13.3. The van der Waals surface area contributed by atoms with Crippen molar-refractivity contribution in [2.24, 2.45) is 34.0 Å². The van der Waals surface area contributed by atoms with Gasteiger partial charge < -0.3 is 5.32 Å². The first kappa shape index (κ1) is 20.9. The van der Waals surface area contributed by atoms with Crippen LogP contribution in [0.3, 0.4) is 0 Å². The van der Waals surface area contributed by atoms with Crippen molar-refractivity contribution in [3.05, 3.63) is 23.3 Å². The van der Waals surface area contributed by atoms with Gasteiger partial charge in [-0.3, -0.25) is 9.59 Å². The lowest BCUT2D eigenvalue weighted by atomic mass is 9.41. The van der Waals surface area contributed by atoms with Crippen LogP contribution in [-0.4, -0.2) is 17.7 Å². The molecule has 5 unspecified atom stereocenters. The van der Waals surface area contributed by atoms with E-state index in [-0.39, 0.29) is 33.6 Å². The fourth-order valence-corrected chi connectivity index (χ4v) is 7.66. The molecule has 4 aliphatic rings. The number of hydrogen-bond donors (Lipinski definition) is 1. The predicted molar refractivity (Wildman–Crippen MR) is 117 cm³/mol. The molecule has 0 aromatic rings. The average Bonchev–Trinajstić information content (AvgIpc) is 2.98. The Balaban J connectivity index is 1.66. The summed E-state index contributed by atoms with van der Waals surface area (Å²) >= 11 is 0. The van der Waals surface area contributed by atoms with Crippen LogP contribution < -0.4 is 5.32 Å². The van der Waals surface area contributed by atoms with E-state index in [0.29, 0.717) is 11.8 Å². The number of aldehydes is 1. The minimum absolute atomic E-state index is 0.111. The Kier molecular flexibility index (Phi) is 4.72. The van der Waals surface area contributed by atoms with Gasteiger partial charge >= 0.3 is 0 Å². The quantitative estimate of drug-likeness (QED) is 0.616. The summed E-state index contributed by atoms with van der Waals surface area (Å²) < 4.78 is 0. The van der Waals surface area contributed by atoms with E-state index in [9.17, 15) is 9.59 Å². The van der Waals surface area contributed by atoms with Gasteiger partial charge in [-0.2, -0.15) is 0 Å². The van der Waals surface area contributed by atoms with Crippen LogP contribution >= 0.6 is 0 Å². The standard InChI is InChI=1S/C26H39NO2/c1-23(2,3)27-22(29)21-10-9-19-20-8-7-18-15-17(16-28)11-12-25(18,5)26(20,6)14-13-24(19,21)4/h7,15-16,19-21H,8-14H2,1-6H3,(H,27,29)/t19?,20-,21?,24?,25?,26?/m0/s1. The number of amides is 1. The molecule has 3 heteroatoms. The van der Waals surface area contributed by atoms with Gasteiger partial charge in [0.25, 0.3) is 0 Å². The maximum Gasteiger partial charge on any atom is 0.224 e. The van der Waals surface area contributed by atoms with E-state index < -0.39 is 0 Å². The van der Waals surface area contributed by atoms with E-state index in [4.69, 9.17) is 0 Å². The molecule has 1 amide bonds. The SMILES string of the molecule is CC(C)(C)NC(=O)C1CCC2[C@@H]3CC=C4C=C(C=O)CCC4(C)C3(C)CCC12C. The largest absolute Gasteiger partial charge is 0.351 e. The van der Waals surface area contributed by atoms with Crippen molar-refractivity contribution >= 4 is 12.2 Å². The molecule has 0 aliphatic heterocycles. The van der Waals surface area contributed by atoms with Crippen LogP contribution in [0.25, 0.3) is 0 Å². The summed E-state index contributed by atoms with van der Waals surface area (Å²) in [5, 5.41) is 3.27. The molecule has 4 aliphatic carbocycles. The molecule has 0 bridgehead atoms. The fraction of sp³-hybridized carbons (Fsp3) is 0.769. The lowest BCUT2D eigenvalue weighted by molar-refractivity contribution is -0.138. The van der Waals surface area contributed by atoms with E-state index >= 15 is 0 Å². The fourth-order valence-electron chi connectivity index (χ4n) is 7.66. The van der Waals surface area contributed by atoms with Gasteiger partial charge in [-0.05, 0) is 105 Å². The van der Waals surface area contributed by atoms with E-state index in [1.807, 2.05) is 0 Å². The Bertz CT molecular complexity index is 787. The summed E-state index contributed by atoms with van der Waals surface area (Å²) in [6, 6.07) is 0. The zero-order valence-corrected chi connectivity index (χ0v) is 19.2. The van der Waals surface area contributed by atoms with Crippen molar-refractivity contribution in [1.82, 2.24) is 5.32 Å². The highest BCUT2D eigenvalue weighted by atomic mass is 16.2. The Morgan fingerprint density at radius 2 is 1.83 bits per heavy atom. The zero-order chi connectivity index (χ0) is 21.2. The number of hydrogen-bond acceptors (Lipinski definition) is 2. The molecular weight excluding hydrogens is 358 g/mol. The van der Waals surface area contributed by atoms with Crippen LogP contribution in [0.1, 0.15) is 86.5 Å². The molecule has 160 valence electrons. The highest BCUT2D eigenvalue weighted by molar-refractivity contribution is 5.80. The number of nitrogens with one attached hydrogen (secondary N) is 1. The molecule has 2 fully saturated rings. The van der Waals surface area contributed by atoms with Crippen LogP contribution in [0.2, 0.25) is 0 Å². The number of allylic oxidation sites excluding steroid dienone is 4. The Labute approximate surface area is 176 Å². The Hall–Kier alpha value is -1.38. The van der Waals surface area contributed by atoms with Crippen LogP contribution in [0, 0.1) is 34.0 Å². The van der Waals surface area contributed by atoms with Gasteiger partial charge in [-0.1, -0.05) is 32.9 Å². The molecule has 3 nitrogen and oxygen atoms in total. The maximum atomic E-state index is 13.2. The van der Waals surface area contributed by atoms with Crippen molar-refractivity contribution in [1.29, 1.82) is 0 Å². The van der Waals surface area contributed by atoms with Crippen molar-refractivity contribution < 1.29 is 9.59 Å². The predicted octanol–water partition coefficient (Wildman–Crippen LogP) is 5.61. The average molecular weight is 398 g/mol. The number of rotatable bonds is 2. The second-order valence-electron chi connectivity index (χ2n) is 12.1. The molecule has 0 spiro atoms. The van der Waals surface area contributed by atoms with E-state index in [2.05, 4.69) is 59.0 Å². The van der Waals surface area contributed by atoms with Gasteiger partial charge in [0.1, 0.15) is 6.29 Å². The lowest BCUT2D eigenvalue weighted by Gasteiger charge is -2.63. The number of carbonyl (C=O) groups excluding carboxylic acids is 2. The van der Waals surface area contributed by atoms with Crippen LogP contribution in [0.5, 0.6) is 0 Å². The first-order chi connectivity index (χ1) is 13.4. The second kappa shape index (κ2) is 6.56. The third kappa shape index (κ3) is 2.98. The highest BCUT2D eigenvalue weighted by Crippen LogP contribution is 2.71. The number of carbonyl (C=O) groups is 2. The van der Waals surface area contributed by atoms with Gasteiger partial charge in [-0.25, -0.2) is 0 Å². The monoisotopic (exact) mass is 397 g/mol. The normalized spacial score (nSPS) is 44.0. The topological polar surface area (TPSA) is 46.2 Å². The summed E-state index contributed by atoms with van der Waals surface area (Å²) in [5.74, 6) is 1.65. The van der Waals surface area contributed by atoms with Gasteiger partial charge in [0.2, 0.25) is 5.91 Å². The minimum atomic E-state index is -0.171. The molecule has 6 atom stereocenters. The smallest absolute Gasteiger partial charge is 0.224 e. The Morgan fingerprint density at radius 3 is 2.48 bits per heavy atom. The molecule has 0 saturated heterocycles. The van der Waals surface area contributed by atoms with Crippen molar-refractivity contribution in [3.63, 3.8) is 0 Å². The van der Waals surface area contributed by atoms with Crippen LogP contribution in [0.15, 0.2) is 23.3 Å². The van der Waals surface area contributed by atoms with Crippen molar-refractivity contribution in [2.75, 3.05) is 0 Å². The lowest BCUT2D eigenvalue weighted by Crippen LogP contribution is -2.57. The Morgan fingerprint density at radius 1 is 1.10 bits per heavy atom. The van der Waals surface area contributed by atoms with Gasteiger partial charge in [-0.15, -0.1) is 0 Å². The van der Waals surface area contributed by atoms with E-state index in [0.717, 1.165) is 44.0 Å². The van der Waals surface area contributed by atoms with Gasteiger partial charge in [0.15, 0.2) is 0 Å². The van der Waals surface area contributed by atoms with Gasteiger partial charge in [0, 0.05) is 11.5 Å². The molecular formula is C26H39NO2. The highest BCUT2D eigenvalue weighted by Gasteiger charge is 2.64. The molecule has 0 radical (unpaired) electrons. The van der Waals surface area contributed by atoms with E-state index in [1.165, 1.54) is 18.4 Å². The van der Waals surface area contributed by atoms with Crippen LogP contribution in [-0.2, 0) is 9.59 Å². The van der Waals surface area contributed by atoms with Gasteiger partial charge in [0.05, 0.1) is 0 Å². The van der Waals surface area contributed by atoms with E-state index in [1.54, 1.807) is 0 Å². The second-order valence-corrected chi connectivity index (χ2v) is 12.1. The molecule has 0 heterocycles. The zero-order valence-electron chi connectivity index (χ0n) is 19.2.